The summed E-state index contributed by atoms with van der Waals surface area (Å²) in [6, 6.07) is 7.06. The fourth-order valence-corrected chi connectivity index (χ4v) is 3.88. The Morgan fingerprint density at radius 1 is 1.44 bits per heavy atom. The Hall–Kier alpha value is -0.710. The minimum Gasteiger partial charge on any atom is -0.508 e. The second kappa shape index (κ2) is 5.51. The molecule has 1 aromatic rings. The summed E-state index contributed by atoms with van der Waals surface area (Å²) in [5.41, 5.74) is 0.0310. The number of benzene rings is 1. The molecule has 18 heavy (non-hydrogen) atoms. The van der Waals surface area contributed by atoms with Crippen molar-refractivity contribution in [3.05, 3.63) is 29.8 Å². The monoisotopic (exact) mass is 267 g/mol. The lowest BCUT2D eigenvalue weighted by Crippen LogP contribution is -2.45. The van der Waals surface area contributed by atoms with Crippen LogP contribution in [0.1, 0.15) is 12.0 Å². The molecule has 0 bridgehead atoms. The van der Waals surface area contributed by atoms with E-state index < -0.39 is 5.60 Å². The number of rotatable bonds is 3. The van der Waals surface area contributed by atoms with Gasteiger partial charge in [0.15, 0.2) is 0 Å². The van der Waals surface area contributed by atoms with Gasteiger partial charge in [0.25, 0.3) is 0 Å². The average molecular weight is 267 g/mol. The third kappa shape index (κ3) is 2.82. The van der Waals surface area contributed by atoms with Crippen LogP contribution < -0.4 is 0 Å². The largest absolute Gasteiger partial charge is 0.508 e. The van der Waals surface area contributed by atoms with Gasteiger partial charge in [-0.2, -0.15) is 11.8 Å². The third-order valence-electron chi connectivity index (χ3n) is 3.55. The van der Waals surface area contributed by atoms with Crippen LogP contribution >= 0.6 is 11.8 Å². The van der Waals surface area contributed by atoms with E-state index in [1.54, 1.807) is 18.2 Å². The van der Waals surface area contributed by atoms with Crippen LogP contribution in [-0.4, -0.2) is 47.3 Å². The minimum absolute atomic E-state index is 0.202. The summed E-state index contributed by atoms with van der Waals surface area (Å²) in [6.07, 6.45) is 0.750. The van der Waals surface area contributed by atoms with Crippen molar-refractivity contribution in [2.75, 3.05) is 32.1 Å². The quantitative estimate of drug-likeness (QED) is 0.878. The van der Waals surface area contributed by atoms with Gasteiger partial charge < -0.3 is 15.1 Å². The predicted molar refractivity (Wildman–Crippen MR) is 76.0 cm³/mol. The lowest BCUT2D eigenvalue weighted by molar-refractivity contribution is -0.0294. The normalized spacial score (nSPS) is 28.6. The zero-order chi connectivity index (χ0) is 13.2. The van der Waals surface area contributed by atoms with E-state index in [9.17, 15) is 10.2 Å². The summed E-state index contributed by atoms with van der Waals surface area (Å²) < 4.78 is 0. The molecule has 1 aromatic carbocycles. The van der Waals surface area contributed by atoms with Crippen molar-refractivity contribution in [3.8, 4) is 5.75 Å². The van der Waals surface area contributed by atoms with Crippen molar-refractivity contribution in [1.29, 1.82) is 0 Å². The number of phenols is 1. The molecule has 0 aliphatic carbocycles. The number of thioether (sulfide) groups is 1. The first-order chi connectivity index (χ1) is 8.52. The summed E-state index contributed by atoms with van der Waals surface area (Å²) in [6.45, 7) is 0.860. The van der Waals surface area contributed by atoms with Gasteiger partial charge in [0.05, 0.1) is 5.60 Å². The molecule has 1 fully saturated rings. The van der Waals surface area contributed by atoms with E-state index in [1.165, 1.54) is 0 Å². The Morgan fingerprint density at radius 3 is 2.89 bits per heavy atom. The molecule has 0 saturated carbocycles. The number of hydrogen-bond acceptors (Lipinski definition) is 4. The van der Waals surface area contributed by atoms with Gasteiger partial charge in [-0.05, 0) is 44.0 Å². The third-order valence-corrected chi connectivity index (χ3v) is 4.68. The standard InChI is InChI=1S/C14H21NO2S/c1-15(2)9-12-10-18-7-6-14(12,17)11-4-3-5-13(16)8-11/h3-5,8,12,16-17H,6-7,9-10H2,1-2H3. The highest BCUT2D eigenvalue weighted by molar-refractivity contribution is 7.99. The minimum atomic E-state index is -0.811. The van der Waals surface area contributed by atoms with Crippen molar-refractivity contribution in [1.82, 2.24) is 4.90 Å². The first-order valence-electron chi connectivity index (χ1n) is 6.27. The predicted octanol–water partition coefficient (Wildman–Crippen LogP) is 1.89. The van der Waals surface area contributed by atoms with Crippen LogP contribution in [0.2, 0.25) is 0 Å². The molecule has 1 saturated heterocycles. The molecule has 1 heterocycles. The summed E-state index contributed by atoms with van der Waals surface area (Å²) in [7, 11) is 4.06. The molecular weight excluding hydrogens is 246 g/mol. The van der Waals surface area contributed by atoms with Crippen LogP contribution in [0.4, 0.5) is 0 Å². The number of phenolic OH excluding ortho intramolecular Hbond substituents is 1. The number of hydrogen-bond donors (Lipinski definition) is 2. The van der Waals surface area contributed by atoms with Crippen molar-refractivity contribution < 1.29 is 10.2 Å². The molecule has 0 aromatic heterocycles. The summed E-state index contributed by atoms with van der Waals surface area (Å²) in [5.74, 6) is 2.36. The van der Waals surface area contributed by atoms with Gasteiger partial charge in [-0.3, -0.25) is 0 Å². The highest BCUT2D eigenvalue weighted by atomic mass is 32.2. The number of aliphatic hydroxyl groups is 1. The number of nitrogens with zero attached hydrogens (tertiary/aromatic N) is 1. The van der Waals surface area contributed by atoms with Gasteiger partial charge in [0, 0.05) is 18.2 Å². The maximum Gasteiger partial charge on any atom is 0.115 e. The molecule has 0 radical (unpaired) electrons. The molecule has 0 amide bonds. The first kappa shape index (κ1) is 13.7. The SMILES string of the molecule is CN(C)CC1CSCCC1(O)c1cccc(O)c1. The molecule has 2 atom stereocenters. The number of aromatic hydroxyl groups is 1. The molecular formula is C14H21NO2S. The molecule has 2 rings (SSSR count). The zero-order valence-corrected chi connectivity index (χ0v) is 11.8. The molecule has 4 heteroatoms. The summed E-state index contributed by atoms with van der Waals surface area (Å²) >= 11 is 1.90. The van der Waals surface area contributed by atoms with Crippen molar-refractivity contribution >= 4 is 11.8 Å². The Morgan fingerprint density at radius 2 is 2.22 bits per heavy atom. The van der Waals surface area contributed by atoms with E-state index >= 15 is 0 Å². The van der Waals surface area contributed by atoms with Gasteiger partial charge in [0.1, 0.15) is 5.75 Å². The molecule has 0 spiro atoms. The fourth-order valence-electron chi connectivity index (χ4n) is 2.60. The Kier molecular flexibility index (Phi) is 4.20. The van der Waals surface area contributed by atoms with Crippen molar-refractivity contribution in [2.24, 2.45) is 5.92 Å². The molecule has 1 aliphatic rings. The Labute approximate surface area is 113 Å². The van der Waals surface area contributed by atoms with E-state index in [-0.39, 0.29) is 11.7 Å². The van der Waals surface area contributed by atoms with Gasteiger partial charge >= 0.3 is 0 Å². The van der Waals surface area contributed by atoms with E-state index in [4.69, 9.17) is 0 Å². The average Bonchev–Trinajstić information content (AvgIpc) is 2.32. The fraction of sp³-hybridized carbons (Fsp3) is 0.571. The van der Waals surface area contributed by atoms with E-state index in [0.29, 0.717) is 0 Å². The molecule has 1 aliphatic heterocycles. The lowest BCUT2D eigenvalue weighted by Gasteiger charge is -2.41. The smallest absolute Gasteiger partial charge is 0.115 e. The van der Waals surface area contributed by atoms with Crippen LogP contribution in [0, 0.1) is 5.92 Å². The van der Waals surface area contributed by atoms with Crippen LogP contribution in [0.5, 0.6) is 5.75 Å². The second-order valence-corrected chi connectivity index (χ2v) is 6.41. The van der Waals surface area contributed by atoms with Crippen molar-refractivity contribution in [2.45, 2.75) is 12.0 Å². The van der Waals surface area contributed by atoms with E-state index in [1.807, 2.05) is 31.9 Å². The molecule has 100 valence electrons. The van der Waals surface area contributed by atoms with Gasteiger partial charge in [-0.1, -0.05) is 12.1 Å². The van der Waals surface area contributed by atoms with Crippen LogP contribution in [0.3, 0.4) is 0 Å². The van der Waals surface area contributed by atoms with Gasteiger partial charge in [0.2, 0.25) is 0 Å². The van der Waals surface area contributed by atoms with Gasteiger partial charge in [-0.15, -0.1) is 0 Å². The molecule has 2 unspecified atom stereocenters. The van der Waals surface area contributed by atoms with Crippen LogP contribution in [0.15, 0.2) is 24.3 Å². The van der Waals surface area contributed by atoms with Crippen molar-refractivity contribution in [3.63, 3.8) is 0 Å². The molecule has 2 N–H and O–H groups in total. The second-order valence-electron chi connectivity index (χ2n) is 5.26. The summed E-state index contributed by atoms with van der Waals surface area (Å²) in [4.78, 5) is 2.12. The van der Waals surface area contributed by atoms with E-state index in [2.05, 4.69) is 4.90 Å². The Bertz CT molecular complexity index is 411. The highest BCUT2D eigenvalue weighted by Gasteiger charge is 2.40. The topological polar surface area (TPSA) is 43.7 Å². The maximum atomic E-state index is 11.0. The molecule has 3 nitrogen and oxygen atoms in total. The maximum absolute atomic E-state index is 11.0. The van der Waals surface area contributed by atoms with Gasteiger partial charge in [-0.25, -0.2) is 0 Å². The zero-order valence-electron chi connectivity index (χ0n) is 11.0. The van der Waals surface area contributed by atoms with Crippen LogP contribution in [-0.2, 0) is 5.60 Å². The highest BCUT2D eigenvalue weighted by Crippen LogP contribution is 2.41. The Balaban J connectivity index is 2.29. The lowest BCUT2D eigenvalue weighted by atomic mass is 9.79. The van der Waals surface area contributed by atoms with E-state index in [0.717, 1.165) is 30.0 Å². The summed E-state index contributed by atoms with van der Waals surface area (Å²) in [5, 5.41) is 20.6. The van der Waals surface area contributed by atoms with Crippen LogP contribution in [0.25, 0.3) is 0 Å². The first-order valence-corrected chi connectivity index (χ1v) is 7.42.